The van der Waals surface area contributed by atoms with Crippen LogP contribution in [0.1, 0.15) is 41.9 Å². The number of fused-ring (bicyclic) bond motifs is 3. The molecule has 12 heteroatoms. The summed E-state index contributed by atoms with van der Waals surface area (Å²) in [7, 11) is 0. The van der Waals surface area contributed by atoms with Crippen molar-refractivity contribution in [2.24, 2.45) is 0 Å². The average molecular weight is 497 g/mol. The number of morpholine rings is 1. The van der Waals surface area contributed by atoms with E-state index in [0.29, 0.717) is 24.2 Å². The number of anilines is 2. The van der Waals surface area contributed by atoms with Crippen molar-refractivity contribution in [3.63, 3.8) is 0 Å². The summed E-state index contributed by atoms with van der Waals surface area (Å²) in [5.74, 6) is 0.139. The van der Waals surface area contributed by atoms with Gasteiger partial charge in [-0.05, 0) is 44.0 Å². The SMILES string of the molecule is Cc1nnc(N[C@H](C)c2cccc(C(F)(F)F)c2)c2cc(N3C4COCC3C4)c(C(F)(F)F)nc12. The van der Waals surface area contributed by atoms with Crippen LogP contribution in [-0.4, -0.2) is 40.5 Å². The van der Waals surface area contributed by atoms with Crippen LogP contribution in [0.25, 0.3) is 10.9 Å². The van der Waals surface area contributed by atoms with E-state index in [9.17, 15) is 26.3 Å². The van der Waals surface area contributed by atoms with Crippen molar-refractivity contribution < 1.29 is 31.1 Å². The standard InChI is InChI=1S/C23H21F6N5O/c1-11(13-4-3-5-14(6-13)22(24,25)26)30-21-17-8-18(34-15-7-16(34)10-35-9-15)20(23(27,28)29)31-19(17)12(2)32-33-21/h3-6,8,11,15-16H,7,9-10H2,1-2H3,(H,30,33)/t11-,15?,16?/m1/s1. The topological polar surface area (TPSA) is 63.2 Å². The third kappa shape index (κ3) is 4.24. The Morgan fingerprint density at radius 2 is 1.74 bits per heavy atom. The molecular weight excluding hydrogens is 476 g/mol. The third-order valence-electron chi connectivity index (χ3n) is 6.47. The minimum atomic E-state index is -4.69. The lowest BCUT2D eigenvalue weighted by atomic mass is 9.90. The van der Waals surface area contributed by atoms with Gasteiger partial charge in [0.25, 0.3) is 0 Å². The number of nitrogens with zero attached hydrogens (tertiary/aromatic N) is 4. The predicted molar refractivity (Wildman–Crippen MR) is 116 cm³/mol. The van der Waals surface area contributed by atoms with E-state index in [0.717, 1.165) is 18.6 Å². The van der Waals surface area contributed by atoms with Crippen molar-refractivity contribution in [3.8, 4) is 0 Å². The van der Waals surface area contributed by atoms with Crippen LogP contribution in [0.4, 0.5) is 37.8 Å². The van der Waals surface area contributed by atoms with Crippen LogP contribution in [0.2, 0.25) is 0 Å². The predicted octanol–water partition coefficient (Wildman–Crippen LogP) is 5.52. The maximum Gasteiger partial charge on any atom is 0.435 e. The lowest BCUT2D eigenvalue weighted by molar-refractivity contribution is -0.141. The van der Waals surface area contributed by atoms with Crippen molar-refractivity contribution in [3.05, 3.63) is 52.8 Å². The number of benzene rings is 1. The molecule has 2 fully saturated rings. The van der Waals surface area contributed by atoms with Crippen molar-refractivity contribution in [2.45, 2.75) is 50.7 Å². The zero-order chi connectivity index (χ0) is 25.1. The molecule has 2 bridgehead atoms. The number of rotatable bonds is 4. The van der Waals surface area contributed by atoms with Gasteiger partial charge in [0.05, 0.1) is 53.8 Å². The number of alkyl halides is 6. The summed E-state index contributed by atoms with van der Waals surface area (Å²) < 4.78 is 86.9. The van der Waals surface area contributed by atoms with Crippen LogP contribution in [-0.2, 0) is 17.1 Å². The Morgan fingerprint density at radius 1 is 1.03 bits per heavy atom. The average Bonchev–Trinajstić information content (AvgIpc) is 2.80. The van der Waals surface area contributed by atoms with E-state index in [-0.39, 0.29) is 34.8 Å². The van der Waals surface area contributed by atoms with E-state index < -0.39 is 29.7 Å². The van der Waals surface area contributed by atoms with Crippen LogP contribution in [0, 0.1) is 6.92 Å². The van der Waals surface area contributed by atoms with Gasteiger partial charge in [0.1, 0.15) is 0 Å². The molecule has 2 aliphatic rings. The molecule has 35 heavy (non-hydrogen) atoms. The first kappa shape index (κ1) is 23.6. The maximum atomic E-state index is 14.0. The van der Waals surface area contributed by atoms with Crippen molar-refractivity contribution in [1.82, 2.24) is 15.2 Å². The number of ether oxygens (including phenoxy) is 1. The molecule has 3 atom stereocenters. The molecule has 4 heterocycles. The summed E-state index contributed by atoms with van der Waals surface area (Å²) in [6, 6.07) is 5.24. The third-order valence-corrected chi connectivity index (χ3v) is 6.47. The summed E-state index contributed by atoms with van der Waals surface area (Å²) in [5.41, 5.74) is -1.29. The minimum Gasteiger partial charge on any atom is -0.377 e. The maximum absolute atomic E-state index is 14.0. The Morgan fingerprint density at radius 3 is 2.37 bits per heavy atom. The Labute approximate surface area is 196 Å². The molecular formula is C23H21F6N5O. The lowest BCUT2D eigenvalue weighted by Gasteiger charge is -2.54. The molecule has 1 N–H and O–H groups in total. The molecule has 6 nitrogen and oxygen atoms in total. The fraction of sp³-hybridized carbons (Fsp3) is 0.435. The number of nitrogens with one attached hydrogen (secondary N) is 1. The highest BCUT2D eigenvalue weighted by molar-refractivity contribution is 5.93. The van der Waals surface area contributed by atoms with E-state index in [1.165, 1.54) is 25.1 Å². The number of hydrogen-bond acceptors (Lipinski definition) is 6. The second-order valence-corrected chi connectivity index (χ2v) is 8.86. The molecule has 0 saturated carbocycles. The molecule has 3 aromatic rings. The van der Waals surface area contributed by atoms with Crippen LogP contribution in [0.5, 0.6) is 0 Å². The Balaban J connectivity index is 1.58. The highest BCUT2D eigenvalue weighted by Gasteiger charge is 2.47. The molecule has 1 aromatic carbocycles. The van der Waals surface area contributed by atoms with Gasteiger partial charge in [-0.1, -0.05) is 12.1 Å². The lowest BCUT2D eigenvalue weighted by Crippen LogP contribution is -2.64. The van der Waals surface area contributed by atoms with Gasteiger partial charge < -0.3 is 15.0 Å². The van der Waals surface area contributed by atoms with E-state index in [1.54, 1.807) is 11.8 Å². The van der Waals surface area contributed by atoms with Crippen LogP contribution in [0.15, 0.2) is 30.3 Å². The van der Waals surface area contributed by atoms with Gasteiger partial charge in [-0.15, -0.1) is 5.10 Å². The van der Waals surface area contributed by atoms with E-state index in [1.807, 2.05) is 0 Å². The first-order valence-corrected chi connectivity index (χ1v) is 11.0. The summed E-state index contributed by atoms with van der Waals surface area (Å²) in [5, 5.41) is 11.4. The van der Waals surface area contributed by atoms with Crippen LogP contribution < -0.4 is 10.2 Å². The summed E-state index contributed by atoms with van der Waals surface area (Å²) in [4.78, 5) is 5.65. The second kappa shape index (κ2) is 8.21. The quantitative estimate of drug-likeness (QED) is 0.479. The minimum absolute atomic E-state index is 0.0248. The van der Waals surface area contributed by atoms with Crippen molar-refractivity contribution in [2.75, 3.05) is 23.4 Å². The highest BCUT2D eigenvalue weighted by Crippen LogP contribution is 2.44. The fourth-order valence-corrected chi connectivity index (χ4v) is 4.70. The number of aryl methyl sites for hydroxylation is 1. The largest absolute Gasteiger partial charge is 0.435 e. The molecule has 2 aliphatic heterocycles. The Kier molecular flexibility index (Phi) is 5.53. The van der Waals surface area contributed by atoms with E-state index in [4.69, 9.17) is 4.74 Å². The highest BCUT2D eigenvalue weighted by atomic mass is 19.4. The molecule has 0 amide bonds. The summed E-state index contributed by atoms with van der Waals surface area (Å²) in [6.45, 7) is 3.81. The number of hydrogen-bond donors (Lipinski definition) is 1. The fourth-order valence-electron chi connectivity index (χ4n) is 4.70. The van der Waals surface area contributed by atoms with Gasteiger partial charge in [0.15, 0.2) is 11.5 Å². The molecule has 0 aliphatic carbocycles. The Bertz CT molecular complexity index is 1260. The number of aromatic nitrogens is 3. The molecule has 2 aromatic heterocycles. The molecule has 0 radical (unpaired) electrons. The first-order chi connectivity index (χ1) is 16.4. The number of pyridine rings is 1. The van der Waals surface area contributed by atoms with Gasteiger partial charge in [0, 0.05) is 5.39 Å². The molecule has 186 valence electrons. The smallest absolute Gasteiger partial charge is 0.377 e. The monoisotopic (exact) mass is 497 g/mol. The van der Waals surface area contributed by atoms with Crippen molar-refractivity contribution in [1.29, 1.82) is 0 Å². The van der Waals surface area contributed by atoms with Gasteiger partial charge in [-0.25, -0.2) is 4.98 Å². The summed E-state index contributed by atoms with van der Waals surface area (Å²) in [6.07, 6.45) is -8.46. The van der Waals surface area contributed by atoms with Gasteiger partial charge in [-0.3, -0.25) is 0 Å². The normalized spacial score (nSPS) is 21.1. The number of halogens is 6. The van der Waals surface area contributed by atoms with Crippen LogP contribution >= 0.6 is 0 Å². The van der Waals surface area contributed by atoms with Gasteiger partial charge >= 0.3 is 12.4 Å². The zero-order valence-electron chi connectivity index (χ0n) is 18.7. The van der Waals surface area contributed by atoms with Crippen LogP contribution in [0.3, 0.4) is 0 Å². The summed E-state index contributed by atoms with van der Waals surface area (Å²) >= 11 is 0. The molecule has 2 saturated heterocycles. The molecule has 5 rings (SSSR count). The van der Waals surface area contributed by atoms with Gasteiger partial charge in [-0.2, -0.15) is 31.4 Å². The Hall–Kier alpha value is -3.15. The second-order valence-electron chi connectivity index (χ2n) is 8.86. The molecule has 2 unspecified atom stereocenters. The van der Waals surface area contributed by atoms with E-state index in [2.05, 4.69) is 20.5 Å². The van der Waals surface area contributed by atoms with E-state index >= 15 is 0 Å². The van der Waals surface area contributed by atoms with Crippen molar-refractivity contribution >= 4 is 22.4 Å². The zero-order valence-corrected chi connectivity index (χ0v) is 18.7. The molecule has 0 spiro atoms. The van der Waals surface area contributed by atoms with Gasteiger partial charge in [0.2, 0.25) is 0 Å². The first-order valence-electron chi connectivity index (χ1n) is 11.0.